The fourth-order valence-electron chi connectivity index (χ4n) is 2.53. The number of nitrogens with zero attached hydrogens (tertiary/aromatic N) is 4. The van der Waals surface area contributed by atoms with Crippen molar-refractivity contribution in [3.05, 3.63) is 40.9 Å². The van der Waals surface area contributed by atoms with Crippen LogP contribution in [0.25, 0.3) is 0 Å². The van der Waals surface area contributed by atoms with Crippen LogP contribution in [0.5, 0.6) is 0 Å². The minimum absolute atomic E-state index is 0.771. The standard InChI is InChI=1S/C15H16N4S/c1-12-2-3-14(13(10-12)11-16)18-5-7-19(8-6-18)15-17-4-9-20-15/h2-4,9-10H,5-8H2,1H3. The van der Waals surface area contributed by atoms with Crippen molar-refractivity contribution in [3.63, 3.8) is 0 Å². The number of hydrogen-bond donors (Lipinski definition) is 0. The highest BCUT2D eigenvalue weighted by molar-refractivity contribution is 7.13. The number of thiazole rings is 1. The maximum absolute atomic E-state index is 9.28. The van der Waals surface area contributed by atoms with E-state index in [4.69, 9.17) is 0 Å². The van der Waals surface area contributed by atoms with E-state index in [1.165, 1.54) is 0 Å². The lowest BCUT2D eigenvalue weighted by Gasteiger charge is -2.36. The SMILES string of the molecule is Cc1ccc(N2CCN(c3nccs3)CC2)c(C#N)c1. The van der Waals surface area contributed by atoms with Gasteiger partial charge >= 0.3 is 0 Å². The molecular formula is C15H16N4S. The minimum atomic E-state index is 0.771. The first kappa shape index (κ1) is 12.9. The van der Waals surface area contributed by atoms with E-state index in [9.17, 15) is 5.26 Å². The Kier molecular flexibility index (Phi) is 3.57. The molecule has 0 saturated carbocycles. The number of aryl methyl sites for hydroxylation is 1. The summed E-state index contributed by atoms with van der Waals surface area (Å²) in [4.78, 5) is 8.96. The van der Waals surface area contributed by atoms with Crippen LogP contribution < -0.4 is 9.80 Å². The summed E-state index contributed by atoms with van der Waals surface area (Å²) in [5, 5.41) is 12.4. The Morgan fingerprint density at radius 2 is 1.95 bits per heavy atom. The van der Waals surface area contributed by atoms with Crippen LogP contribution in [0.4, 0.5) is 10.8 Å². The van der Waals surface area contributed by atoms with Gasteiger partial charge in [-0.05, 0) is 24.6 Å². The number of piperazine rings is 1. The number of rotatable bonds is 2. The molecule has 4 nitrogen and oxygen atoms in total. The topological polar surface area (TPSA) is 43.2 Å². The van der Waals surface area contributed by atoms with Crippen LogP contribution in [0.2, 0.25) is 0 Å². The van der Waals surface area contributed by atoms with Crippen LogP contribution in [-0.4, -0.2) is 31.2 Å². The van der Waals surface area contributed by atoms with E-state index >= 15 is 0 Å². The van der Waals surface area contributed by atoms with Crippen LogP contribution in [-0.2, 0) is 0 Å². The van der Waals surface area contributed by atoms with Gasteiger partial charge < -0.3 is 9.80 Å². The van der Waals surface area contributed by atoms with Gasteiger partial charge in [0.15, 0.2) is 5.13 Å². The number of hydrogen-bond acceptors (Lipinski definition) is 5. The van der Waals surface area contributed by atoms with Crippen molar-refractivity contribution in [1.29, 1.82) is 5.26 Å². The third kappa shape index (κ3) is 2.47. The van der Waals surface area contributed by atoms with Gasteiger partial charge in [0.25, 0.3) is 0 Å². The first-order valence-electron chi connectivity index (χ1n) is 6.68. The molecule has 0 atom stereocenters. The molecule has 1 aliphatic heterocycles. The van der Waals surface area contributed by atoms with E-state index in [1.54, 1.807) is 11.3 Å². The smallest absolute Gasteiger partial charge is 0.185 e. The Balaban J connectivity index is 1.74. The highest BCUT2D eigenvalue weighted by Crippen LogP contribution is 2.25. The second-order valence-electron chi connectivity index (χ2n) is 4.92. The quantitative estimate of drug-likeness (QED) is 0.850. The Hall–Kier alpha value is -2.06. The van der Waals surface area contributed by atoms with Gasteiger partial charge in [0.05, 0.1) is 11.3 Å². The molecule has 1 saturated heterocycles. The predicted octanol–water partition coefficient (Wildman–Crippen LogP) is 2.65. The molecule has 1 aromatic carbocycles. The van der Waals surface area contributed by atoms with Gasteiger partial charge in [0.1, 0.15) is 6.07 Å². The van der Waals surface area contributed by atoms with E-state index in [0.717, 1.165) is 48.1 Å². The zero-order valence-corrected chi connectivity index (χ0v) is 12.2. The molecule has 2 heterocycles. The van der Waals surface area contributed by atoms with Crippen molar-refractivity contribution in [3.8, 4) is 6.07 Å². The highest BCUT2D eigenvalue weighted by Gasteiger charge is 2.20. The van der Waals surface area contributed by atoms with E-state index in [0.29, 0.717) is 0 Å². The van der Waals surface area contributed by atoms with Crippen LogP contribution >= 0.6 is 11.3 Å². The Bertz CT molecular complexity index is 622. The number of anilines is 2. The van der Waals surface area contributed by atoms with Gasteiger partial charge in [-0.3, -0.25) is 0 Å². The normalized spacial score (nSPS) is 15.2. The molecule has 1 aromatic heterocycles. The fourth-order valence-corrected chi connectivity index (χ4v) is 3.22. The van der Waals surface area contributed by atoms with Crippen molar-refractivity contribution in [2.24, 2.45) is 0 Å². The van der Waals surface area contributed by atoms with Gasteiger partial charge in [0, 0.05) is 37.8 Å². The van der Waals surface area contributed by atoms with Crippen LogP contribution in [0.15, 0.2) is 29.8 Å². The number of nitriles is 1. The zero-order chi connectivity index (χ0) is 13.9. The molecule has 0 aliphatic carbocycles. The summed E-state index contributed by atoms with van der Waals surface area (Å²) >= 11 is 1.68. The molecule has 0 bridgehead atoms. The maximum Gasteiger partial charge on any atom is 0.185 e. The van der Waals surface area contributed by atoms with Crippen molar-refractivity contribution in [2.45, 2.75) is 6.92 Å². The van der Waals surface area contributed by atoms with E-state index in [2.05, 4.69) is 33.0 Å². The Morgan fingerprint density at radius 1 is 1.20 bits per heavy atom. The lowest BCUT2D eigenvalue weighted by Crippen LogP contribution is -2.46. The third-order valence-corrected chi connectivity index (χ3v) is 4.41. The summed E-state index contributed by atoms with van der Waals surface area (Å²) in [5.41, 5.74) is 2.95. The molecule has 5 heteroatoms. The third-order valence-electron chi connectivity index (χ3n) is 3.58. The average molecular weight is 284 g/mol. The van der Waals surface area contributed by atoms with Gasteiger partial charge in [-0.15, -0.1) is 11.3 Å². The summed E-state index contributed by atoms with van der Waals surface area (Å²) in [6.45, 7) is 5.78. The van der Waals surface area contributed by atoms with E-state index in [-0.39, 0.29) is 0 Å². The summed E-state index contributed by atoms with van der Waals surface area (Å²) in [5.74, 6) is 0. The largest absolute Gasteiger partial charge is 0.367 e. The first-order chi connectivity index (χ1) is 9.78. The summed E-state index contributed by atoms with van der Waals surface area (Å²) in [6, 6.07) is 8.40. The van der Waals surface area contributed by atoms with Gasteiger partial charge in [-0.2, -0.15) is 5.26 Å². The number of benzene rings is 1. The predicted molar refractivity (Wildman–Crippen MR) is 82.4 cm³/mol. The highest BCUT2D eigenvalue weighted by atomic mass is 32.1. The van der Waals surface area contributed by atoms with E-state index < -0.39 is 0 Å². The van der Waals surface area contributed by atoms with Gasteiger partial charge in [-0.1, -0.05) is 6.07 Å². The summed E-state index contributed by atoms with van der Waals surface area (Å²) in [7, 11) is 0. The molecule has 0 spiro atoms. The number of aromatic nitrogens is 1. The first-order valence-corrected chi connectivity index (χ1v) is 7.56. The molecule has 102 valence electrons. The van der Waals surface area contributed by atoms with E-state index in [1.807, 2.05) is 24.6 Å². The van der Waals surface area contributed by atoms with Crippen LogP contribution in [0.3, 0.4) is 0 Å². The zero-order valence-electron chi connectivity index (χ0n) is 11.4. The summed E-state index contributed by atoms with van der Waals surface area (Å²) < 4.78 is 0. The van der Waals surface area contributed by atoms with Gasteiger partial charge in [-0.25, -0.2) is 4.98 Å². The minimum Gasteiger partial charge on any atom is -0.367 e. The molecular weight excluding hydrogens is 268 g/mol. The van der Waals surface area contributed by atoms with Crippen molar-refractivity contribution in [2.75, 3.05) is 36.0 Å². The molecule has 1 fully saturated rings. The lowest BCUT2D eigenvalue weighted by atomic mass is 10.1. The second kappa shape index (κ2) is 5.51. The second-order valence-corrected chi connectivity index (χ2v) is 5.79. The molecule has 0 N–H and O–H groups in total. The van der Waals surface area contributed by atoms with Crippen LogP contribution in [0.1, 0.15) is 11.1 Å². The molecule has 3 rings (SSSR count). The van der Waals surface area contributed by atoms with Crippen molar-refractivity contribution in [1.82, 2.24) is 4.98 Å². The fraction of sp³-hybridized carbons (Fsp3) is 0.333. The van der Waals surface area contributed by atoms with Gasteiger partial charge in [0.2, 0.25) is 0 Å². The van der Waals surface area contributed by atoms with Crippen molar-refractivity contribution >= 4 is 22.2 Å². The molecule has 0 amide bonds. The molecule has 0 radical (unpaired) electrons. The Labute approximate surface area is 122 Å². The molecule has 1 aliphatic rings. The molecule has 0 unspecified atom stereocenters. The summed E-state index contributed by atoms with van der Waals surface area (Å²) in [6.07, 6.45) is 1.85. The average Bonchev–Trinajstić information content (AvgIpc) is 3.01. The molecule has 2 aromatic rings. The monoisotopic (exact) mass is 284 g/mol. The van der Waals surface area contributed by atoms with Crippen LogP contribution in [0, 0.1) is 18.3 Å². The van der Waals surface area contributed by atoms with Crippen molar-refractivity contribution < 1.29 is 0 Å². The maximum atomic E-state index is 9.28. The molecule has 20 heavy (non-hydrogen) atoms. The Morgan fingerprint density at radius 3 is 2.60 bits per heavy atom. The lowest BCUT2D eigenvalue weighted by molar-refractivity contribution is 0.651.